The molecule has 0 aliphatic rings. The normalized spacial score (nSPS) is 11.8. The van der Waals surface area contributed by atoms with Crippen LogP contribution in [-0.2, 0) is 4.79 Å². The van der Waals surface area contributed by atoms with Gasteiger partial charge in [-0.15, -0.1) is 0 Å². The van der Waals surface area contributed by atoms with Crippen LogP contribution in [0.5, 0.6) is 5.75 Å². The lowest BCUT2D eigenvalue weighted by Gasteiger charge is -2.12. The summed E-state index contributed by atoms with van der Waals surface area (Å²) in [5.74, 6) is -1.08. The predicted octanol–water partition coefficient (Wildman–Crippen LogP) is 0.529. The second-order valence-corrected chi connectivity index (χ2v) is 5.16. The molecule has 8 heteroatoms. The fraction of sp³-hybridized carbons (Fsp3) is 0.273. The molecule has 1 aromatic rings. The second kappa shape index (κ2) is 6.92. The van der Waals surface area contributed by atoms with Crippen molar-refractivity contribution in [3.05, 3.63) is 26.3 Å². The van der Waals surface area contributed by atoms with Crippen LogP contribution in [0.3, 0.4) is 0 Å². The Bertz CT molecular complexity index is 510. The summed E-state index contributed by atoms with van der Waals surface area (Å²) in [6, 6.07) is 3.07. The lowest BCUT2D eigenvalue weighted by atomic mass is 10.2. The van der Waals surface area contributed by atoms with Gasteiger partial charge in [-0.1, -0.05) is 11.6 Å². The summed E-state index contributed by atoms with van der Waals surface area (Å²) in [5.41, 5.74) is 5.09. The average molecular weight is 399 g/mol. The summed E-state index contributed by atoms with van der Waals surface area (Å²) in [6.07, 6.45) is -1.44. The van der Waals surface area contributed by atoms with Gasteiger partial charge in [0, 0.05) is 3.57 Å². The van der Waals surface area contributed by atoms with Gasteiger partial charge in [0.05, 0.1) is 24.2 Å². The van der Waals surface area contributed by atoms with Crippen molar-refractivity contribution in [2.75, 3.05) is 13.7 Å². The summed E-state index contributed by atoms with van der Waals surface area (Å²) in [7, 11) is 1.42. The number of carbonyl (C=O) groups excluding carboxylic acids is 2. The number of hydrogen-bond acceptors (Lipinski definition) is 4. The van der Waals surface area contributed by atoms with E-state index >= 15 is 0 Å². The number of carbonyl (C=O) groups is 2. The molecule has 0 aliphatic heterocycles. The first-order valence-corrected chi connectivity index (χ1v) is 6.61. The van der Waals surface area contributed by atoms with Gasteiger partial charge in [0.2, 0.25) is 5.91 Å². The molecule has 1 unspecified atom stereocenters. The van der Waals surface area contributed by atoms with E-state index in [9.17, 15) is 14.7 Å². The van der Waals surface area contributed by atoms with Crippen molar-refractivity contribution in [3.63, 3.8) is 0 Å². The van der Waals surface area contributed by atoms with Gasteiger partial charge in [-0.3, -0.25) is 9.59 Å². The van der Waals surface area contributed by atoms with Crippen molar-refractivity contribution >= 4 is 46.0 Å². The van der Waals surface area contributed by atoms with Gasteiger partial charge in [0.1, 0.15) is 11.9 Å². The number of nitrogens with one attached hydrogen (secondary N) is 1. The molecule has 0 heterocycles. The maximum atomic E-state index is 11.9. The van der Waals surface area contributed by atoms with E-state index < -0.39 is 17.9 Å². The number of methoxy groups -OCH3 is 1. The molecule has 19 heavy (non-hydrogen) atoms. The van der Waals surface area contributed by atoms with Crippen LogP contribution in [0.2, 0.25) is 5.02 Å². The maximum absolute atomic E-state index is 11.9. The molecule has 0 aliphatic carbocycles. The lowest BCUT2D eigenvalue weighted by Crippen LogP contribution is -2.40. The van der Waals surface area contributed by atoms with Gasteiger partial charge < -0.3 is 20.9 Å². The zero-order valence-corrected chi connectivity index (χ0v) is 12.9. The monoisotopic (exact) mass is 398 g/mol. The topological polar surface area (TPSA) is 102 Å². The Morgan fingerprint density at radius 3 is 2.74 bits per heavy atom. The molecule has 0 spiro atoms. The Morgan fingerprint density at radius 1 is 1.58 bits per heavy atom. The second-order valence-electron chi connectivity index (χ2n) is 3.59. The molecule has 2 amide bonds. The van der Waals surface area contributed by atoms with Crippen LogP contribution in [0.15, 0.2) is 12.1 Å². The Morgan fingerprint density at radius 2 is 2.21 bits per heavy atom. The van der Waals surface area contributed by atoms with E-state index in [1.54, 1.807) is 6.07 Å². The summed E-state index contributed by atoms with van der Waals surface area (Å²) < 4.78 is 5.82. The van der Waals surface area contributed by atoms with E-state index in [0.29, 0.717) is 10.8 Å². The number of nitrogens with two attached hydrogens (primary N) is 1. The molecule has 1 rings (SSSR count). The van der Waals surface area contributed by atoms with E-state index in [1.807, 2.05) is 22.6 Å². The molecule has 0 radical (unpaired) electrons. The van der Waals surface area contributed by atoms with Crippen molar-refractivity contribution in [1.82, 2.24) is 5.32 Å². The number of primary amides is 1. The average Bonchev–Trinajstić information content (AvgIpc) is 2.37. The molecule has 0 bridgehead atoms. The first kappa shape index (κ1) is 16.0. The zero-order valence-electron chi connectivity index (χ0n) is 9.94. The summed E-state index contributed by atoms with van der Waals surface area (Å²) >= 11 is 7.94. The van der Waals surface area contributed by atoms with Crippen molar-refractivity contribution < 1.29 is 19.4 Å². The Hall–Kier alpha value is -1.06. The summed E-state index contributed by atoms with van der Waals surface area (Å²) in [4.78, 5) is 22.5. The van der Waals surface area contributed by atoms with E-state index in [1.165, 1.54) is 13.2 Å². The highest BCUT2D eigenvalue weighted by Crippen LogP contribution is 2.28. The minimum atomic E-state index is -1.44. The van der Waals surface area contributed by atoms with Crippen LogP contribution in [0.4, 0.5) is 0 Å². The van der Waals surface area contributed by atoms with Gasteiger partial charge in [-0.05, 0) is 34.7 Å². The van der Waals surface area contributed by atoms with Crippen molar-refractivity contribution in [1.29, 1.82) is 0 Å². The van der Waals surface area contributed by atoms with Gasteiger partial charge >= 0.3 is 0 Å². The van der Waals surface area contributed by atoms with Crippen molar-refractivity contribution in [2.45, 2.75) is 6.10 Å². The summed E-state index contributed by atoms with van der Waals surface area (Å²) in [6.45, 7) is -0.277. The Labute approximate surface area is 128 Å². The molecule has 0 fully saturated rings. The number of rotatable bonds is 5. The van der Waals surface area contributed by atoms with Crippen LogP contribution in [0, 0.1) is 3.57 Å². The highest BCUT2D eigenvalue weighted by atomic mass is 127. The van der Waals surface area contributed by atoms with E-state index in [-0.39, 0.29) is 12.1 Å². The molecule has 0 saturated heterocycles. The molecule has 1 aromatic carbocycles. The van der Waals surface area contributed by atoms with Gasteiger partial charge in [-0.2, -0.15) is 0 Å². The highest BCUT2D eigenvalue weighted by Gasteiger charge is 2.17. The molecule has 1 atom stereocenters. The van der Waals surface area contributed by atoms with Crippen LogP contribution >= 0.6 is 34.2 Å². The third-order valence-corrected chi connectivity index (χ3v) is 3.80. The van der Waals surface area contributed by atoms with Gasteiger partial charge in [0.25, 0.3) is 5.91 Å². The molecule has 0 aromatic heterocycles. The van der Waals surface area contributed by atoms with Crippen molar-refractivity contribution in [2.24, 2.45) is 5.73 Å². The standard InChI is InChI=1S/C11H12ClIN2O4/c1-19-9-3-7(13)6(12)2-5(9)11(18)15-4-8(16)10(14)17/h2-3,8,16H,4H2,1H3,(H2,14,17)(H,15,18). The molecule has 0 saturated carbocycles. The Balaban J connectivity index is 2.87. The van der Waals surface area contributed by atoms with Crippen LogP contribution in [-0.4, -0.2) is 36.7 Å². The quantitative estimate of drug-likeness (QED) is 0.630. The number of amides is 2. The molecule has 4 N–H and O–H groups in total. The van der Waals surface area contributed by atoms with Crippen molar-refractivity contribution in [3.8, 4) is 5.75 Å². The minimum Gasteiger partial charge on any atom is -0.496 e. The van der Waals surface area contributed by atoms with E-state index in [2.05, 4.69) is 5.32 Å². The van der Waals surface area contributed by atoms with Gasteiger partial charge in [0.15, 0.2) is 0 Å². The van der Waals surface area contributed by atoms with E-state index in [0.717, 1.165) is 3.57 Å². The highest BCUT2D eigenvalue weighted by molar-refractivity contribution is 14.1. The predicted molar refractivity (Wildman–Crippen MR) is 78.3 cm³/mol. The fourth-order valence-electron chi connectivity index (χ4n) is 1.26. The first-order chi connectivity index (χ1) is 8.86. The third kappa shape index (κ3) is 4.22. The molecular weight excluding hydrogens is 386 g/mol. The Kier molecular flexibility index (Phi) is 5.83. The van der Waals surface area contributed by atoms with Crippen LogP contribution in [0.1, 0.15) is 10.4 Å². The minimum absolute atomic E-state index is 0.213. The number of ether oxygens (including phenoxy) is 1. The number of aliphatic hydroxyl groups is 1. The number of hydrogen-bond donors (Lipinski definition) is 3. The lowest BCUT2D eigenvalue weighted by molar-refractivity contribution is -0.125. The number of benzene rings is 1. The number of halogens is 2. The fourth-order valence-corrected chi connectivity index (χ4v) is 1.86. The van der Waals surface area contributed by atoms with Gasteiger partial charge in [-0.25, -0.2) is 0 Å². The van der Waals surface area contributed by atoms with Crippen LogP contribution < -0.4 is 15.8 Å². The molecular formula is C11H12ClIN2O4. The molecule has 6 nitrogen and oxygen atoms in total. The largest absolute Gasteiger partial charge is 0.496 e. The molecule has 104 valence electrons. The van der Waals surface area contributed by atoms with Crippen LogP contribution in [0.25, 0.3) is 0 Å². The zero-order chi connectivity index (χ0) is 14.6. The summed E-state index contributed by atoms with van der Waals surface area (Å²) in [5, 5.41) is 12.0. The SMILES string of the molecule is COc1cc(I)c(Cl)cc1C(=O)NCC(O)C(N)=O. The van der Waals surface area contributed by atoms with E-state index in [4.69, 9.17) is 22.1 Å². The number of aliphatic hydroxyl groups excluding tert-OH is 1. The first-order valence-electron chi connectivity index (χ1n) is 5.15. The third-order valence-electron chi connectivity index (χ3n) is 2.27. The maximum Gasteiger partial charge on any atom is 0.255 e. The smallest absolute Gasteiger partial charge is 0.255 e.